The molecule has 0 saturated carbocycles. The summed E-state index contributed by atoms with van der Waals surface area (Å²) in [5, 5.41) is 33.1. The monoisotopic (exact) mass is 1340 g/mol. The van der Waals surface area contributed by atoms with Crippen LogP contribution in [0.25, 0.3) is 0 Å². The molecule has 1 unspecified atom stereocenters. The van der Waals surface area contributed by atoms with Gasteiger partial charge in [-0.05, 0) is 118 Å². The van der Waals surface area contributed by atoms with E-state index in [1.165, 1.54) is 112 Å². The van der Waals surface area contributed by atoms with Gasteiger partial charge in [-0.2, -0.15) is 0 Å². The maximum atomic E-state index is 15.4. The molecule has 1 aromatic rings. The average Bonchev–Trinajstić information content (AvgIpc) is 0.810. The number of nitrogens with one attached hydrogen (secondary N) is 4. The first-order chi connectivity index (χ1) is 44.0. The molecule has 0 aromatic heterocycles. The lowest BCUT2D eigenvalue weighted by atomic mass is 9.91. The molecule has 1 aromatic carbocycles. The molecule has 1 aliphatic rings. The Hall–Kier alpha value is -7.44. The number of carbonyl (C=O) groups excluding carboxylic acids is 11. The molecular weight excluding hydrogens is 1220 g/mol. The molecule has 95 heavy (non-hydrogen) atoms. The summed E-state index contributed by atoms with van der Waals surface area (Å²) in [5.41, 5.74) is 0.378. The maximum absolute atomic E-state index is 15.4. The van der Waals surface area contributed by atoms with Crippen molar-refractivity contribution in [1.29, 1.82) is 0 Å². The third-order valence-corrected chi connectivity index (χ3v) is 18.0. The predicted octanol–water partition coefficient (Wildman–Crippen LogP) is 4.58. The smallest absolute Gasteiger partial charge is 0.335 e. The molecular formula is C70H117N11O14. The van der Waals surface area contributed by atoms with E-state index in [1.807, 2.05) is 55.4 Å². The van der Waals surface area contributed by atoms with Crippen molar-refractivity contribution in [1.82, 2.24) is 55.6 Å². The molecule has 1 saturated heterocycles. The molecule has 25 heteroatoms. The number of amides is 11. The zero-order valence-corrected chi connectivity index (χ0v) is 61.3. The van der Waals surface area contributed by atoms with Crippen LogP contribution in [0.4, 0.5) is 0 Å². The molecule has 0 bridgehead atoms. The van der Waals surface area contributed by atoms with E-state index < -0.39 is 161 Å². The first-order valence-electron chi connectivity index (χ1n) is 33.7. The van der Waals surface area contributed by atoms with Crippen molar-refractivity contribution in [3.63, 3.8) is 0 Å². The highest BCUT2D eigenvalue weighted by Crippen LogP contribution is 2.27. The zero-order valence-electron chi connectivity index (χ0n) is 61.3. The van der Waals surface area contributed by atoms with Crippen LogP contribution >= 0.6 is 0 Å². The second kappa shape index (κ2) is 37.7. The van der Waals surface area contributed by atoms with Crippen LogP contribution in [-0.4, -0.2) is 237 Å². The molecule has 1 heterocycles. The first kappa shape index (κ1) is 83.6. The van der Waals surface area contributed by atoms with Crippen molar-refractivity contribution in [2.75, 3.05) is 49.3 Å². The van der Waals surface area contributed by atoms with Gasteiger partial charge in [-0.3, -0.25) is 52.7 Å². The molecule has 0 aliphatic carbocycles. The molecule has 0 spiro atoms. The van der Waals surface area contributed by atoms with Crippen LogP contribution in [0.5, 0.6) is 0 Å². The number of aliphatic hydroxyl groups excluding tert-OH is 1. The van der Waals surface area contributed by atoms with E-state index in [0.717, 1.165) is 9.80 Å². The predicted molar refractivity (Wildman–Crippen MR) is 364 cm³/mol. The minimum absolute atomic E-state index is 0.0470. The summed E-state index contributed by atoms with van der Waals surface area (Å²) in [6.07, 6.45) is 2.38. The topological polar surface area (TPSA) is 316 Å². The van der Waals surface area contributed by atoms with Crippen LogP contribution in [0.3, 0.4) is 0 Å². The van der Waals surface area contributed by atoms with Crippen molar-refractivity contribution in [3.05, 3.63) is 47.5 Å². The Balaban J connectivity index is 3.17. The Kier molecular flexibility index (Phi) is 33.2. The fourth-order valence-corrected chi connectivity index (χ4v) is 12.0. The third kappa shape index (κ3) is 22.9. The quantitative estimate of drug-likeness (QED) is 0.110. The van der Waals surface area contributed by atoms with Crippen molar-refractivity contribution >= 4 is 70.9 Å². The number of rotatable bonds is 18. The largest absolute Gasteiger partial charge is 0.478 e. The fourth-order valence-electron chi connectivity index (χ4n) is 12.0. The summed E-state index contributed by atoms with van der Waals surface area (Å²) in [6, 6.07) is -8.80. The van der Waals surface area contributed by atoms with Crippen LogP contribution < -0.4 is 21.3 Å². The van der Waals surface area contributed by atoms with Gasteiger partial charge >= 0.3 is 5.97 Å². The average molecular weight is 1340 g/mol. The molecule has 11 amide bonds. The minimum Gasteiger partial charge on any atom is -0.478 e. The van der Waals surface area contributed by atoms with E-state index in [4.69, 9.17) is 0 Å². The van der Waals surface area contributed by atoms with Gasteiger partial charge in [-0.1, -0.05) is 121 Å². The summed E-state index contributed by atoms with van der Waals surface area (Å²) in [5.74, 6) is -11.9. The van der Waals surface area contributed by atoms with E-state index in [-0.39, 0.29) is 74.2 Å². The van der Waals surface area contributed by atoms with Gasteiger partial charge in [0, 0.05) is 55.8 Å². The normalized spacial score (nSPS) is 26.0. The zero-order chi connectivity index (χ0) is 73.1. The van der Waals surface area contributed by atoms with Gasteiger partial charge in [0.05, 0.1) is 11.7 Å². The Morgan fingerprint density at radius 1 is 0.463 bits per heavy atom. The van der Waals surface area contributed by atoms with E-state index in [0.29, 0.717) is 5.56 Å². The van der Waals surface area contributed by atoms with Gasteiger partial charge in [-0.15, -0.1) is 0 Å². The summed E-state index contributed by atoms with van der Waals surface area (Å²) >= 11 is 0. The number of likely N-dealkylation sites (N-methyl/N-ethyl adjacent to an activating group) is 7. The number of nitrogens with zero attached hydrogens (tertiary/aromatic N) is 7. The lowest BCUT2D eigenvalue weighted by molar-refractivity contribution is -0.157. The number of carboxylic acid groups (broad SMARTS) is 1. The molecule has 1 fully saturated rings. The molecule has 536 valence electrons. The number of allylic oxidation sites excluding steroid dienone is 2. The number of benzene rings is 1. The highest BCUT2D eigenvalue weighted by Gasteiger charge is 2.46. The maximum Gasteiger partial charge on any atom is 0.335 e. The Labute approximate surface area is 565 Å². The molecule has 1 aliphatic heterocycles. The molecule has 2 rings (SSSR count). The Morgan fingerprint density at radius 3 is 1.31 bits per heavy atom. The summed E-state index contributed by atoms with van der Waals surface area (Å²) < 4.78 is 0. The van der Waals surface area contributed by atoms with E-state index in [1.54, 1.807) is 60.6 Å². The molecule has 6 N–H and O–H groups in total. The Morgan fingerprint density at radius 2 is 0.863 bits per heavy atom. The summed E-state index contributed by atoms with van der Waals surface area (Å²) in [4.78, 5) is 185. The van der Waals surface area contributed by atoms with E-state index in [2.05, 4.69) is 21.3 Å². The van der Waals surface area contributed by atoms with Crippen LogP contribution in [-0.2, 0) is 59.2 Å². The molecule has 13 atom stereocenters. The Bertz CT molecular complexity index is 2840. The molecule has 0 radical (unpaired) electrons. The lowest BCUT2D eigenvalue weighted by Gasteiger charge is -2.41. The van der Waals surface area contributed by atoms with Gasteiger partial charge in [0.25, 0.3) is 0 Å². The van der Waals surface area contributed by atoms with Crippen molar-refractivity contribution < 1.29 is 67.7 Å². The van der Waals surface area contributed by atoms with Gasteiger partial charge in [0.15, 0.2) is 0 Å². The second-order valence-electron chi connectivity index (χ2n) is 28.5. The second-order valence-corrected chi connectivity index (χ2v) is 28.5. The standard InChI is InChI=1S/C70H117N11O14/c1-25-27-28-44(15)58(82)57-62(86)73-49(26-2)64(88)78(21)54(37-47-29-31-48(32-30-47)70(94)95)66(90)75(18)51(34-39(5)6)61(85)74-55(42(11)12)68(92)76(19)50(33-38(3)4)60(84)71-45(16)59(83)72-46(17)63(87)77(20)52(35-40(7)8)65(89)79(22)53(36-41(9)10)67(91)80(23)56(43(13)14)69(93)81(57)24/h25,27,29-32,38-46,49-58,82H,26,28,33-37H2,1-24H3,(H,71,84)(H,72,83)(H,73,86)(H,74,85)(H,94,95)/t44-,45+,46-,49+,50+,51+,52+,53+,54?,55+,56+,57+,58-/m1/s1. The van der Waals surface area contributed by atoms with Crippen LogP contribution in [0.2, 0.25) is 0 Å². The van der Waals surface area contributed by atoms with Crippen molar-refractivity contribution in [2.45, 2.75) is 235 Å². The highest BCUT2D eigenvalue weighted by molar-refractivity contribution is 6.00. The van der Waals surface area contributed by atoms with Crippen LogP contribution in [0, 0.1) is 41.4 Å². The van der Waals surface area contributed by atoms with E-state index in [9.17, 15) is 39.0 Å². The number of aliphatic hydroxyl groups is 1. The first-order valence-corrected chi connectivity index (χ1v) is 33.7. The highest BCUT2D eigenvalue weighted by atomic mass is 16.4. The van der Waals surface area contributed by atoms with Crippen molar-refractivity contribution in [2.24, 2.45) is 41.4 Å². The van der Waals surface area contributed by atoms with Crippen LogP contribution in [0.15, 0.2) is 36.4 Å². The fraction of sp³-hybridized carbons (Fsp3) is 0.714. The third-order valence-electron chi connectivity index (χ3n) is 18.0. The van der Waals surface area contributed by atoms with Gasteiger partial charge < -0.3 is 65.8 Å². The van der Waals surface area contributed by atoms with Gasteiger partial charge in [-0.25, -0.2) is 4.79 Å². The minimum atomic E-state index is -1.69. The van der Waals surface area contributed by atoms with Gasteiger partial charge in [0.2, 0.25) is 65.0 Å². The lowest BCUT2D eigenvalue weighted by Crippen LogP contribution is -2.64. The van der Waals surface area contributed by atoms with Crippen LogP contribution in [0.1, 0.15) is 172 Å². The number of aromatic carboxylic acids is 1. The number of carboxylic acids is 1. The summed E-state index contributed by atoms with van der Waals surface area (Å²) in [7, 11) is 9.79. The number of carbonyl (C=O) groups is 12. The summed E-state index contributed by atoms with van der Waals surface area (Å²) in [6.45, 7) is 29.6. The van der Waals surface area contributed by atoms with E-state index >= 15 is 28.8 Å². The molecule has 25 nitrogen and oxygen atoms in total. The number of hydrogen-bond acceptors (Lipinski definition) is 13. The SMILES string of the molecule is CC=CC[C@@H](C)[C@@H](O)[C@H]1C(=O)N[C@@H](CC)C(=O)N(C)C(Cc2ccc(C(=O)O)cc2)C(=O)N(C)[C@@H](CC(C)C)C(=O)N[C@@H](C(C)C)C(=O)N(C)[C@@H](CC(C)C)C(=O)N[C@@H](C)C(=O)N[C@H](C)C(=O)N(C)[C@@H](CC(C)C)C(=O)N(C)[C@@H](CC(C)C)C(=O)N(C)[C@@H](C(C)C)C(=O)N1C. The van der Waals surface area contributed by atoms with Crippen molar-refractivity contribution in [3.8, 4) is 0 Å². The number of hydrogen-bond donors (Lipinski definition) is 6. The van der Waals surface area contributed by atoms with Gasteiger partial charge in [0.1, 0.15) is 66.5 Å².